The van der Waals surface area contributed by atoms with Gasteiger partial charge in [-0.3, -0.25) is 9.78 Å². The number of Topliss-reactive ketones (excluding diaryl/α,β-unsaturated/α-hetero) is 1. The van der Waals surface area contributed by atoms with E-state index < -0.39 is 17.0 Å². The first-order valence-corrected chi connectivity index (χ1v) is 12.5. The molecule has 4 aromatic heterocycles. The quantitative estimate of drug-likeness (QED) is 0.350. The van der Waals surface area contributed by atoms with Crippen molar-refractivity contribution < 1.29 is 19.0 Å². The largest absolute Gasteiger partial charge is 0.492 e. The molecule has 0 aromatic carbocycles. The Morgan fingerprint density at radius 1 is 1.24 bits per heavy atom. The standard InChI is InChI=1S/C28H27FN6O3/c1-2-38-21-12-22(27-20(14-30)16-33-35(27)17-21)19-5-6-25(32-15-19)34-10-7-28(18-36,8-11-34)13-24(37)26-23(29)4-3-9-31-26/h3-6,9,12,15-17,36H,2,7-8,10-11,13,18H2,1H3. The molecule has 0 amide bonds. The number of hydrogen-bond acceptors (Lipinski definition) is 8. The van der Waals surface area contributed by atoms with Gasteiger partial charge in [-0.2, -0.15) is 10.4 Å². The average Bonchev–Trinajstić information content (AvgIpc) is 3.37. The predicted octanol–water partition coefficient (Wildman–Crippen LogP) is 4.05. The highest BCUT2D eigenvalue weighted by molar-refractivity contribution is 5.95. The van der Waals surface area contributed by atoms with Crippen molar-refractivity contribution in [1.29, 1.82) is 5.26 Å². The lowest BCUT2D eigenvalue weighted by Crippen LogP contribution is -2.43. The minimum Gasteiger partial charge on any atom is -0.492 e. The third kappa shape index (κ3) is 4.80. The van der Waals surface area contributed by atoms with Gasteiger partial charge in [-0.25, -0.2) is 13.9 Å². The maximum Gasteiger partial charge on any atom is 0.184 e. The smallest absolute Gasteiger partial charge is 0.184 e. The Morgan fingerprint density at radius 3 is 2.71 bits per heavy atom. The van der Waals surface area contributed by atoms with Crippen LogP contribution in [-0.2, 0) is 0 Å². The summed E-state index contributed by atoms with van der Waals surface area (Å²) in [4.78, 5) is 23.4. The first kappa shape index (κ1) is 25.3. The molecule has 9 nitrogen and oxygen atoms in total. The maximum absolute atomic E-state index is 14.0. The zero-order valence-corrected chi connectivity index (χ0v) is 21.0. The predicted molar refractivity (Wildman–Crippen MR) is 138 cm³/mol. The molecule has 4 aromatic rings. The van der Waals surface area contributed by atoms with Gasteiger partial charge in [-0.05, 0) is 50.1 Å². The number of carbonyl (C=O) groups is 1. The van der Waals surface area contributed by atoms with Gasteiger partial charge < -0.3 is 14.7 Å². The molecule has 0 spiro atoms. The number of aromatic nitrogens is 4. The third-order valence-corrected chi connectivity index (χ3v) is 7.12. The lowest BCUT2D eigenvalue weighted by Gasteiger charge is -2.40. The Bertz CT molecular complexity index is 1500. The topological polar surface area (TPSA) is 117 Å². The minimum atomic E-state index is -0.644. The number of carbonyl (C=O) groups excluding carboxylic acids is 1. The SMILES string of the molecule is CCOc1cc(-c2ccc(N3CCC(CO)(CC(=O)c4ncccc4F)CC3)nc2)c2c(C#N)cnn2c1. The highest BCUT2D eigenvalue weighted by Gasteiger charge is 2.37. The van der Waals surface area contributed by atoms with Gasteiger partial charge in [0.25, 0.3) is 0 Å². The lowest BCUT2D eigenvalue weighted by atomic mass is 9.74. The number of aliphatic hydroxyl groups is 1. The van der Waals surface area contributed by atoms with E-state index in [2.05, 4.69) is 26.0 Å². The Morgan fingerprint density at radius 2 is 2.05 bits per heavy atom. The molecule has 5 rings (SSSR count). The van der Waals surface area contributed by atoms with Crippen LogP contribution in [0, 0.1) is 22.6 Å². The van der Waals surface area contributed by atoms with Crippen molar-refractivity contribution in [3.05, 3.63) is 72.2 Å². The van der Waals surface area contributed by atoms with E-state index >= 15 is 0 Å². The molecule has 1 aliphatic heterocycles. The number of halogens is 1. The summed E-state index contributed by atoms with van der Waals surface area (Å²) in [7, 11) is 0. The molecular formula is C28H27FN6O3. The van der Waals surface area contributed by atoms with Crippen molar-refractivity contribution in [3.8, 4) is 22.9 Å². The van der Waals surface area contributed by atoms with E-state index in [1.54, 1.807) is 16.9 Å². The van der Waals surface area contributed by atoms with Crippen molar-refractivity contribution in [1.82, 2.24) is 19.6 Å². The molecule has 38 heavy (non-hydrogen) atoms. The van der Waals surface area contributed by atoms with Crippen LogP contribution < -0.4 is 9.64 Å². The molecule has 0 unspecified atom stereocenters. The van der Waals surface area contributed by atoms with Gasteiger partial charge in [0.1, 0.15) is 23.3 Å². The average molecular weight is 515 g/mol. The summed E-state index contributed by atoms with van der Waals surface area (Å²) in [5.41, 5.74) is 1.96. The Labute approximate surface area is 219 Å². The number of nitriles is 1. The molecule has 0 saturated carbocycles. The van der Waals surface area contributed by atoms with Crippen LogP contribution in [0.5, 0.6) is 5.75 Å². The van der Waals surface area contributed by atoms with Gasteiger partial charge in [0, 0.05) is 55.1 Å². The fourth-order valence-corrected chi connectivity index (χ4v) is 4.99. The lowest BCUT2D eigenvalue weighted by molar-refractivity contribution is 0.0663. The normalized spacial score (nSPS) is 14.8. The van der Waals surface area contributed by atoms with E-state index in [1.165, 1.54) is 24.5 Å². The maximum atomic E-state index is 14.0. The molecule has 1 saturated heterocycles. The van der Waals surface area contributed by atoms with Crippen LogP contribution >= 0.6 is 0 Å². The number of piperidine rings is 1. The van der Waals surface area contributed by atoms with Gasteiger partial charge in [-0.1, -0.05) is 0 Å². The molecular weight excluding hydrogens is 487 g/mol. The van der Waals surface area contributed by atoms with E-state index in [0.717, 1.165) is 16.9 Å². The first-order chi connectivity index (χ1) is 18.5. The van der Waals surface area contributed by atoms with Crippen molar-refractivity contribution >= 4 is 17.1 Å². The summed E-state index contributed by atoms with van der Waals surface area (Å²) < 4.78 is 21.4. The van der Waals surface area contributed by atoms with Crippen molar-refractivity contribution in [3.63, 3.8) is 0 Å². The molecule has 0 atom stereocenters. The van der Waals surface area contributed by atoms with Crippen molar-refractivity contribution in [2.75, 3.05) is 31.2 Å². The third-order valence-electron chi connectivity index (χ3n) is 7.12. The fourth-order valence-electron chi connectivity index (χ4n) is 4.99. The van der Waals surface area contributed by atoms with E-state index in [4.69, 9.17) is 4.74 Å². The zero-order chi connectivity index (χ0) is 26.7. The molecule has 194 valence electrons. The zero-order valence-electron chi connectivity index (χ0n) is 21.0. The summed E-state index contributed by atoms with van der Waals surface area (Å²) in [6.45, 7) is 3.43. The Hall–Kier alpha value is -4.36. The summed E-state index contributed by atoms with van der Waals surface area (Å²) in [6, 6.07) is 10.6. The van der Waals surface area contributed by atoms with Crippen LogP contribution in [0.25, 0.3) is 16.6 Å². The molecule has 1 N–H and O–H groups in total. The van der Waals surface area contributed by atoms with E-state index in [1.807, 2.05) is 25.1 Å². The molecule has 0 bridgehead atoms. The van der Waals surface area contributed by atoms with Crippen LogP contribution in [-0.4, -0.2) is 56.8 Å². The first-order valence-electron chi connectivity index (χ1n) is 12.5. The number of nitrogens with zero attached hydrogens (tertiary/aromatic N) is 6. The number of aliphatic hydroxyl groups excluding tert-OH is 1. The number of anilines is 1. The van der Waals surface area contributed by atoms with Gasteiger partial charge >= 0.3 is 0 Å². The second-order valence-electron chi connectivity index (χ2n) is 9.47. The molecule has 0 radical (unpaired) electrons. The van der Waals surface area contributed by atoms with Crippen LogP contribution in [0.2, 0.25) is 0 Å². The number of rotatable bonds is 8. The number of hydrogen-bond donors (Lipinski definition) is 1. The molecule has 10 heteroatoms. The van der Waals surface area contributed by atoms with Crippen LogP contribution in [0.1, 0.15) is 42.2 Å². The van der Waals surface area contributed by atoms with Gasteiger partial charge in [0.2, 0.25) is 0 Å². The van der Waals surface area contributed by atoms with E-state index in [9.17, 15) is 19.6 Å². The summed E-state index contributed by atoms with van der Waals surface area (Å²) in [6.07, 6.45) is 7.60. The van der Waals surface area contributed by atoms with Crippen molar-refractivity contribution in [2.45, 2.75) is 26.2 Å². The molecule has 1 fully saturated rings. The second-order valence-corrected chi connectivity index (χ2v) is 9.47. The second kappa shape index (κ2) is 10.6. The Kier molecular flexibility index (Phi) is 7.03. The van der Waals surface area contributed by atoms with Crippen LogP contribution in [0.3, 0.4) is 0 Å². The van der Waals surface area contributed by atoms with E-state index in [-0.39, 0.29) is 18.7 Å². The van der Waals surface area contributed by atoms with Crippen LogP contribution in [0.15, 0.2) is 55.1 Å². The summed E-state index contributed by atoms with van der Waals surface area (Å²) in [5.74, 6) is 0.371. The van der Waals surface area contributed by atoms with E-state index in [0.29, 0.717) is 49.4 Å². The molecule has 0 aliphatic carbocycles. The van der Waals surface area contributed by atoms with Gasteiger partial charge in [0.15, 0.2) is 11.6 Å². The monoisotopic (exact) mass is 514 g/mol. The number of ketones is 1. The summed E-state index contributed by atoms with van der Waals surface area (Å²) in [5, 5.41) is 24.0. The number of pyridine rings is 3. The number of fused-ring (bicyclic) bond motifs is 1. The van der Waals surface area contributed by atoms with Gasteiger partial charge in [0.05, 0.1) is 30.1 Å². The highest BCUT2D eigenvalue weighted by atomic mass is 19.1. The van der Waals surface area contributed by atoms with Crippen molar-refractivity contribution in [2.24, 2.45) is 5.41 Å². The highest BCUT2D eigenvalue weighted by Crippen LogP contribution is 2.37. The molecule has 1 aliphatic rings. The Balaban J connectivity index is 1.33. The molecule has 5 heterocycles. The van der Waals surface area contributed by atoms with Crippen LogP contribution in [0.4, 0.5) is 10.2 Å². The summed E-state index contributed by atoms with van der Waals surface area (Å²) >= 11 is 0. The number of ether oxygens (including phenoxy) is 1. The minimum absolute atomic E-state index is 0.0381. The van der Waals surface area contributed by atoms with Gasteiger partial charge in [-0.15, -0.1) is 0 Å². The fraction of sp³-hybridized carbons (Fsp3) is 0.321.